The SMILES string of the molecule is CCCCCCNC(=O)C1CCCN(CC(=O)NCC(=O)Nc2c(C)cc(C)cc2C)C1. The summed E-state index contributed by atoms with van der Waals surface area (Å²) in [6, 6.07) is 4.05. The number of aryl methyl sites for hydroxylation is 3. The monoisotopic (exact) mass is 444 g/mol. The third kappa shape index (κ3) is 8.61. The zero-order chi connectivity index (χ0) is 23.5. The van der Waals surface area contributed by atoms with Gasteiger partial charge in [0.15, 0.2) is 0 Å². The largest absolute Gasteiger partial charge is 0.356 e. The molecule has 0 radical (unpaired) electrons. The first-order chi connectivity index (χ1) is 15.3. The summed E-state index contributed by atoms with van der Waals surface area (Å²) < 4.78 is 0. The van der Waals surface area contributed by atoms with Gasteiger partial charge in [-0.25, -0.2) is 0 Å². The summed E-state index contributed by atoms with van der Waals surface area (Å²) in [6.07, 6.45) is 6.29. The van der Waals surface area contributed by atoms with Crippen LogP contribution in [0.4, 0.5) is 5.69 Å². The standard InChI is InChI=1S/C25H40N4O3/c1-5-6-7-8-11-26-25(32)21-10-9-12-29(16-21)17-23(31)27-15-22(30)28-24-19(3)13-18(2)14-20(24)4/h13-14,21H,5-12,15-17H2,1-4H3,(H,26,32)(H,27,31)(H,28,30). The smallest absolute Gasteiger partial charge is 0.243 e. The van der Waals surface area contributed by atoms with Gasteiger partial charge in [0.2, 0.25) is 17.7 Å². The fraction of sp³-hybridized carbons (Fsp3) is 0.640. The van der Waals surface area contributed by atoms with E-state index < -0.39 is 0 Å². The van der Waals surface area contributed by atoms with Gasteiger partial charge in [-0.15, -0.1) is 0 Å². The molecule has 178 valence electrons. The van der Waals surface area contributed by atoms with E-state index in [-0.39, 0.29) is 36.7 Å². The van der Waals surface area contributed by atoms with E-state index in [1.165, 1.54) is 12.8 Å². The molecule has 1 aromatic carbocycles. The molecule has 2 rings (SSSR count). The van der Waals surface area contributed by atoms with Crippen LogP contribution in [0.5, 0.6) is 0 Å². The van der Waals surface area contributed by atoms with E-state index in [0.29, 0.717) is 6.54 Å². The van der Waals surface area contributed by atoms with Crippen LogP contribution in [0.3, 0.4) is 0 Å². The second kappa shape index (κ2) is 13.2. The van der Waals surface area contributed by atoms with Crippen molar-refractivity contribution in [2.75, 3.05) is 38.0 Å². The summed E-state index contributed by atoms with van der Waals surface area (Å²) in [6.45, 7) is 10.4. The summed E-state index contributed by atoms with van der Waals surface area (Å²) >= 11 is 0. The van der Waals surface area contributed by atoms with Crippen LogP contribution in [-0.4, -0.2) is 55.3 Å². The molecule has 32 heavy (non-hydrogen) atoms. The molecule has 1 aliphatic rings. The predicted octanol–water partition coefficient (Wildman–Crippen LogP) is 3.08. The van der Waals surface area contributed by atoms with Crippen LogP contribution < -0.4 is 16.0 Å². The minimum absolute atomic E-state index is 0.0683. The molecule has 0 saturated carbocycles. The van der Waals surface area contributed by atoms with E-state index in [1.54, 1.807) is 0 Å². The van der Waals surface area contributed by atoms with Gasteiger partial charge in [-0.1, -0.05) is 43.9 Å². The molecule has 3 N–H and O–H groups in total. The molecule has 7 heteroatoms. The normalized spacial score (nSPS) is 16.4. The van der Waals surface area contributed by atoms with Gasteiger partial charge < -0.3 is 16.0 Å². The zero-order valence-electron chi connectivity index (χ0n) is 20.2. The lowest BCUT2D eigenvalue weighted by atomic mass is 9.97. The van der Waals surface area contributed by atoms with Crippen molar-refractivity contribution in [1.82, 2.24) is 15.5 Å². The highest BCUT2D eigenvalue weighted by atomic mass is 16.2. The quantitative estimate of drug-likeness (QED) is 0.458. The van der Waals surface area contributed by atoms with Crippen LogP contribution in [0.2, 0.25) is 0 Å². The summed E-state index contributed by atoms with van der Waals surface area (Å²) in [5, 5.41) is 8.65. The molecule has 0 aliphatic carbocycles. The molecule has 1 unspecified atom stereocenters. The van der Waals surface area contributed by atoms with Gasteiger partial charge in [0.1, 0.15) is 0 Å². The summed E-state index contributed by atoms with van der Waals surface area (Å²) in [5.74, 6) is -0.418. The number of piperidine rings is 1. The van der Waals surface area contributed by atoms with Crippen molar-refractivity contribution in [2.45, 2.75) is 66.2 Å². The fourth-order valence-electron chi connectivity index (χ4n) is 4.32. The molecular weight excluding hydrogens is 404 g/mol. The molecule has 1 atom stereocenters. The summed E-state index contributed by atoms with van der Waals surface area (Å²) in [7, 11) is 0. The van der Waals surface area contributed by atoms with E-state index >= 15 is 0 Å². The Balaban J connectivity index is 1.72. The van der Waals surface area contributed by atoms with Gasteiger partial charge in [-0.2, -0.15) is 0 Å². The average Bonchev–Trinajstić information content (AvgIpc) is 2.74. The van der Waals surface area contributed by atoms with Crippen molar-refractivity contribution in [3.05, 3.63) is 28.8 Å². The Bertz CT molecular complexity index is 770. The molecule has 1 aliphatic heterocycles. The number of carbonyl (C=O) groups is 3. The number of likely N-dealkylation sites (tertiary alicyclic amines) is 1. The summed E-state index contributed by atoms with van der Waals surface area (Å²) in [4.78, 5) is 39.1. The summed E-state index contributed by atoms with van der Waals surface area (Å²) in [5.41, 5.74) is 3.96. The first kappa shape index (κ1) is 25.8. The van der Waals surface area contributed by atoms with E-state index in [9.17, 15) is 14.4 Å². The van der Waals surface area contributed by atoms with Gasteiger partial charge in [0.05, 0.1) is 19.0 Å². The molecule has 1 fully saturated rings. The van der Waals surface area contributed by atoms with Gasteiger partial charge in [0.25, 0.3) is 0 Å². The van der Waals surface area contributed by atoms with Crippen molar-refractivity contribution >= 4 is 23.4 Å². The van der Waals surface area contributed by atoms with Crippen molar-refractivity contribution in [3.63, 3.8) is 0 Å². The molecule has 1 saturated heterocycles. The van der Waals surface area contributed by atoms with Crippen molar-refractivity contribution in [2.24, 2.45) is 5.92 Å². The minimum atomic E-state index is -0.243. The molecule has 7 nitrogen and oxygen atoms in total. The fourth-order valence-corrected chi connectivity index (χ4v) is 4.32. The zero-order valence-corrected chi connectivity index (χ0v) is 20.2. The maximum atomic E-state index is 12.4. The molecule has 1 aromatic rings. The van der Waals surface area contributed by atoms with Crippen LogP contribution >= 0.6 is 0 Å². The van der Waals surface area contributed by atoms with Crippen molar-refractivity contribution in [1.29, 1.82) is 0 Å². The van der Waals surface area contributed by atoms with E-state index in [4.69, 9.17) is 0 Å². The third-order valence-electron chi connectivity index (χ3n) is 5.96. The maximum Gasteiger partial charge on any atom is 0.243 e. The molecule has 3 amide bonds. The van der Waals surface area contributed by atoms with Crippen LogP contribution in [0.1, 0.15) is 62.1 Å². The average molecular weight is 445 g/mol. The highest BCUT2D eigenvalue weighted by Crippen LogP contribution is 2.21. The van der Waals surface area contributed by atoms with Crippen LogP contribution in [-0.2, 0) is 14.4 Å². The Morgan fingerprint density at radius 2 is 1.72 bits per heavy atom. The first-order valence-corrected chi connectivity index (χ1v) is 11.9. The van der Waals surface area contributed by atoms with Crippen molar-refractivity contribution < 1.29 is 14.4 Å². The van der Waals surface area contributed by atoms with E-state index in [0.717, 1.165) is 61.2 Å². The third-order valence-corrected chi connectivity index (χ3v) is 5.96. The lowest BCUT2D eigenvalue weighted by Gasteiger charge is -2.31. The topological polar surface area (TPSA) is 90.5 Å². The lowest BCUT2D eigenvalue weighted by Crippen LogP contribution is -2.47. The van der Waals surface area contributed by atoms with Gasteiger partial charge in [-0.05, 0) is 57.7 Å². The first-order valence-electron chi connectivity index (χ1n) is 11.9. The Morgan fingerprint density at radius 1 is 1.00 bits per heavy atom. The Morgan fingerprint density at radius 3 is 2.41 bits per heavy atom. The number of amides is 3. The molecule has 0 spiro atoms. The highest BCUT2D eigenvalue weighted by Gasteiger charge is 2.26. The van der Waals surface area contributed by atoms with E-state index in [1.807, 2.05) is 37.8 Å². The number of hydrogen-bond donors (Lipinski definition) is 3. The molecule has 1 heterocycles. The van der Waals surface area contributed by atoms with Gasteiger partial charge >= 0.3 is 0 Å². The van der Waals surface area contributed by atoms with Gasteiger partial charge in [0, 0.05) is 18.8 Å². The number of unbranched alkanes of at least 4 members (excludes halogenated alkanes) is 3. The molecule has 0 aromatic heterocycles. The maximum absolute atomic E-state index is 12.4. The second-order valence-corrected chi connectivity index (χ2v) is 9.02. The minimum Gasteiger partial charge on any atom is -0.356 e. The van der Waals surface area contributed by atoms with Crippen molar-refractivity contribution in [3.8, 4) is 0 Å². The second-order valence-electron chi connectivity index (χ2n) is 9.02. The molecule has 0 bridgehead atoms. The number of rotatable bonds is 11. The number of nitrogens with one attached hydrogen (secondary N) is 3. The van der Waals surface area contributed by atoms with Gasteiger partial charge in [-0.3, -0.25) is 19.3 Å². The molecular formula is C25H40N4O3. The Hall–Kier alpha value is -2.41. The van der Waals surface area contributed by atoms with Crippen LogP contribution in [0.15, 0.2) is 12.1 Å². The predicted molar refractivity (Wildman–Crippen MR) is 129 cm³/mol. The number of nitrogens with zero attached hydrogens (tertiary/aromatic N) is 1. The van der Waals surface area contributed by atoms with Crippen LogP contribution in [0, 0.1) is 26.7 Å². The van der Waals surface area contributed by atoms with Crippen LogP contribution in [0.25, 0.3) is 0 Å². The Kier molecular flexibility index (Phi) is 10.7. The number of benzene rings is 1. The Labute approximate surface area is 192 Å². The number of hydrogen-bond acceptors (Lipinski definition) is 4. The lowest BCUT2D eigenvalue weighted by molar-refractivity contribution is -0.129. The highest BCUT2D eigenvalue weighted by molar-refractivity contribution is 5.96. The number of anilines is 1. The number of carbonyl (C=O) groups excluding carboxylic acids is 3. The van der Waals surface area contributed by atoms with E-state index in [2.05, 4.69) is 22.9 Å².